The summed E-state index contributed by atoms with van der Waals surface area (Å²) in [6.07, 6.45) is 63.9. The van der Waals surface area contributed by atoms with Gasteiger partial charge in [0.05, 0.1) is 26.4 Å². The molecule has 0 bridgehead atoms. The second-order valence-corrected chi connectivity index (χ2v) is 33.4. The minimum absolute atomic E-state index is 0.106. The molecule has 600 valence electrons. The Labute approximate surface area is 619 Å². The first-order chi connectivity index (χ1) is 48.9. The maximum atomic E-state index is 13.1. The van der Waals surface area contributed by atoms with Gasteiger partial charge in [0.2, 0.25) is 0 Å². The number of unbranched alkanes of at least 4 members (excludes halogenated alkanes) is 51. The average molecular weight is 1480 g/mol. The van der Waals surface area contributed by atoms with E-state index in [-0.39, 0.29) is 25.7 Å². The fourth-order valence-corrected chi connectivity index (χ4v) is 14.3. The van der Waals surface area contributed by atoms with Crippen molar-refractivity contribution in [1.82, 2.24) is 0 Å². The SMILES string of the molecule is CCCCCCCCCCCCCCCCCCCCCCCC(=O)O[C@H](COC(=O)CCCCCCCCCCCCCCCC(C)C)COP(=O)(O)OC[C@@H](O)COP(=O)(O)OC[C@@H](COC(=O)CCCCCCCCCCCCCC)OC(=O)CCCCCCCCCCCC(C)C. The van der Waals surface area contributed by atoms with E-state index in [0.717, 1.165) is 102 Å². The number of carbonyl (C=O) groups excluding carboxylic acids is 4. The van der Waals surface area contributed by atoms with Crippen LogP contribution in [0.5, 0.6) is 0 Å². The number of esters is 4. The Morgan fingerprint density at radius 2 is 0.455 bits per heavy atom. The van der Waals surface area contributed by atoms with Crippen LogP contribution in [0.25, 0.3) is 0 Å². The highest BCUT2D eigenvalue weighted by molar-refractivity contribution is 7.47. The molecule has 0 aromatic rings. The number of rotatable bonds is 81. The second-order valence-electron chi connectivity index (χ2n) is 30.5. The van der Waals surface area contributed by atoms with Crippen molar-refractivity contribution in [3.8, 4) is 0 Å². The lowest BCUT2D eigenvalue weighted by molar-refractivity contribution is -0.161. The summed E-state index contributed by atoms with van der Waals surface area (Å²) in [5.41, 5.74) is 0. The third-order valence-corrected chi connectivity index (χ3v) is 21.1. The molecule has 19 heteroatoms. The fraction of sp³-hybridized carbons (Fsp3) is 0.951. The van der Waals surface area contributed by atoms with Crippen LogP contribution in [0.2, 0.25) is 0 Å². The van der Waals surface area contributed by atoms with E-state index >= 15 is 0 Å². The Hall–Kier alpha value is -1.94. The summed E-state index contributed by atoms with van der Waals surface area (Å²) in [5, 5.41) is 10.6. The zero-order chi connectivity index (χ0) is 74.2. The molecular weight excluding hydrogens is 1320 g/mol. The van der Waals surface area contributed by atoms with Crippen LogP contribution in [0, 0.1) is 11.8 Å². The molecule has 0 aromatic carbocycles. The number of aliphatic hydroxyl groups is 1. The lowest BCUT2D eigenvalue weighted by Gasteiger charge is -2.21. The van der Waals surface area contributed by atoms with E-state index in [0.29, 0.717) is 25.7 Å². The first-order valence-corrected chi connectivity index (χ1v) is 45.5. The number of hydrogen-bond donors (Lipinski definition) is 3. The molecule has 5 atom stereocenters. The van der Waals surface area contributed by atoms with Gasteiger partial charge in [-0.05, 0) is 37.5 Å². The number of ether oxygens (including phenoxy) is 4. The maximum Gasteiger partial charge on any atom is 0.472 e. The molecule has 0 aliphatic rings. The molecular formula is C82H160O17P2. The smallest absolute Gasteiger partial charge is 0.462 e. The second kappa shape index (κ2) is 73.6. The number of hydrogen-bond acceptors (Lipinski definition) is 15. The van der Waals surface area contributed by atoms with Crippen molar-refractivity contribution in [1.29, 1.82) is 0 Å². The molecule has 0 amide bonds. The van der Waals surface area contributed by atoms with Crippen LogP contribution < -0.4 is 0 Å². The molecule has 0 spiro atoms. The van der Waals surface area contributed by atoms with Gasteiger partial charge in [0.25, 0.3) is 0 Å². The van der Waals surface area contributed by atoms with Crippen molar-refractivity contribution in [2.45, 2.75) is 452 Å². The Bertz CT molecular complexity index is 1940. The molecule has 0 heterocycles. The normalized spacial score (nSPS) is 13.9. The Morgan fingerprint density at radius 3 is 0.673 bits per heavy atom. The quantitative estimate of drug-likeness (QED) is 0.0222. The van der Waals surface area contributed by atoms with Gasteiger partial charge < -0.3 is 33.8 Å². The Kier molecular flexibility index (Phi) is 72.2. The van der Waals surface area contributed by atoms with Crippen molar-refractivity contribution in [2.75, 3.05) is 39.6 Å². The van der Waals surface area contributed by atoms with Crippen LogP contribution in [-0.4, -0.2) is 96.7 Å². The van der Waals surface area contributed by atoms with E-state index in [1.54, 1.807) is 0 Å². The molecule has 0 radical (unpaired) electrons. The van der Waals surface area contributed by atoms with Crippen LogP contribution in [0.1, 0.15) is 433 Å². The third-order valence-electron chi connectivity index (χ3n) is 19.2. The van der Waals surface area contributed by atoms with Gasteiger partial charge in [0.1, 0.15) is 19.3 Å². The number of phosphoric ester groups is 2. The summed E-state index contributed by atoms with van der Waals surface area (Å²) in [6, 6.07) is 0. The van der Waals surface area contributed by atoms with Crippen molar-refractivity contribution in [3.63, 3.8) is 0 Å². The summed E-state index contributed by atoms with van der Waals surface area (Å²) in [5.74, 6) is -0.580. The van der Waals surface area contributed by atoms with Crippen LogP contribution >= 0.6 is 15.6 Å². The van der Waals surface area contributed by atoms with Crippen molar-refractivity contribution in [3.05, 3.63) is 0 Å². The number of aliphatic hydroxyl groups excluding tert-OH is 1. The molecule has 0 aliphatic heterocycles. The van der Waals surface area contributed by atoms with E-state index in [1.165, 1.54) is 250 Å². The van der Waals surface area contributed by atoms with E-state index in [1.807, 2.05) is 0 Å². The predicted octanol–water partition coefficient (Wildman–Crippen LogP) is 24.7. The number of phosphoric acid groups is 2. The van der Waals surface area contributed by atoms with Crippen LogP contribution in [0.3, 0.4) is 0 Å². The molecule has 0 saturated heterocycles. The minimum Gasteiger partial charge on any atom is -0.462 e. The summed E-state index contributed by atoms with van der Waals surface area (Å²) >= 11 is 0. The van der Waals surface area contributed by atoms with Gasteiger partial charge in [-0.15, -0.1) is 0 Å². The van der Waals surface area contributed by atoms with E-state index < -0.39 is 97.5 Å². The first-order valence-electron chi connectivity index (χ1n) is 42.5. The molecule has 0 aromatic heterocycles. The molecule has 0 saturated carbocycles. The molecule has 0 fully saturated rings. The molecule has 101 heavy (non-hydrogen) atoms. The topological polar surface area (TPSA) is 237 Å². The zero-order valence-corrected chi connectivity index (χ0v) is 68.0. The maximum absolute atomic E-state index is 13.1. The molecule has 0 aliphatic carbocycles. The van der Waals surface area contributed by atoms with Gasteiger partial charge in [-0.25, -0.2) is 9.13 Å². The molecule has 0 rings (SSSR count). The van der Waals surface area contributed by atoms with Crippen molar-refractivity contribution < 1.29 is 80.2 Å². The van der Waals surface area contributed by atoms with Gasteiger partial charge in [0, 0.05) is 25.7 Å². The zero-order valence-electron chi connectivity index (χ0n) is 66.2. The highest BCUT2D eigenvalue weighted by Gasteiger charge is 2.30. The van der Waals surface area contributed by atoms with Crippen molar-refractivity contribution in [2.24, 2.45) is 11.8 Å². The van der Waals surface area contributed by atoms with E-state index in [4.69, 9.17) is 37.0 Å². The summed E-state index contributed by atoms with van der Waals surface area (Å²) in [4.78, 5) is 73.1. The first kappa shape index (κ1) is 99.1. The van der Waals surface area contributed by atoms with Crippen LogP contribution in [0.15, 0.2) is 0 Å². The largest absolute Gasteiger partial charge is 0.472 e. The minimum atomic E-state index is -4.96. The van der Waals surface area contributed by atoms with E-state index in [9.17, 15) is 43.2 Å². The third kappa shape index (κ3) is 76.1. The van der Waals surface area contributed by atoms with Crippen molar-refractivity contribution >= 4 is 39.5 Å². The van der Waals surface area contributed by atoms with Gasteiger partial charge >= 0.3 is 39.5 Å². The molecule has 17 nitrogen and oxygen atoms in total. The monoisotopic (exact) mass is 1480 g/mol. The van der Waals surface area contributed by atoms with Gasteiger partial charge in [-0.1, -0.05) is 382 Å². The molecule has 3 N–H and O–H groups in total. The highest BCUT2D eigenvalue weighted by atomic mass is 31.2. The highest BCUT2D eigenvalue weighted by Crippen LogP contribution is 2.45. The van der Waals surface area contributed by atoms with Gasteiger partial charge in [0.15, 0.2) is 12.2 Å². The Morgan fingerprint density at radius 1 is 0.267 bits per heavy atom. The standard InChI is InChI=1S/C82H160O17P2/c1-7-9-11-13-15-17-19-21-22-23-24-25-26-27-28-31-36-42-48-54-60-66-81(86)98-77(70-93-80(85)65-59-53-47-41-35-32-29-30-33-38-44-50-56-62-74(3)4)72-96-100(88,89)94-68-76(83)69-95-101(90,91)97-73-78(99-82(87)67-61-55-49-43-37-39-45-51-57-63-75(5)6)71-92-79(84)64-58-52-46-40-34-20-18-16-14-12-10-8-2/h74-78,83H,7-73H2,1-6H3,(H,88,89)(H,90,91)/t76-,77-,78-/m1/s1. The molecule has 2 unspecified atom stereocenters. The van der Waals surface area contributed by atoms with Gasteiger partial charge in [-0.2, -0.15) is 0 Å². The predicted molar refractivity (Wildman–Crippen MR) is 414 cm³/mol. The summed E-state index contributed by atoms with van der Waals surface area (Å²) < 4.78 is 68.7. The summed E-state index contributed by atoms with van der Waals surface area (Å²) in [6.45, 7) is 9.63. The van der Waals surface area contributed by atoms with Crippen LogP contribution in [-0.2, 0) is 65.4 Å². The average Bonchev–Trinajstić information content (AvgIpc) is 1.01. The number of carbonyl (C=O) groups is 4. The lowest BCUT2D eigenvalue weighted by Crippen LogP contribution is -2.30. The van der Waals surface area contributed by atoms with E-state index in [2.05, 4.69) is 41.5 Å². The summed E-state index contributed by atoms with van der Waals surface area (Å²) in [7, 11) is -9.92. The van der Waals surface area contributed by atoms with Gasteiger partial charge in [-0.3, -0.25) is 37.3 Å². The fourth-order valence-electron chi connectivity index (χ4n) is 12.7. The lowest BCUT2D eigenvalue weighted by atomic mass is 10.0. The van der Waals surface area contributed by atoms with Crippen LogP contribution in [0.4, 0.5) is 0 Å². The Balaban J connectivity index is 5.23.